The third-order valence-electron chi connectivity index (χ3n) is 3.30. The second-order valence-electron chi connectivity index (χ2n) is 4.72. The van der Waals surface area contributed by atoms with Gasteiger partial charge in [0.1, 0.15) is 5.75 Å². The van der Waals surface area contributed by atoms with Gasteiger partial charge < -0.3 is 20.1 Å². The van der Waals surface area contributed by atoms with Crippen molar-refractivity contribution in [1.29, 1.82) is 0 Å². The van der Waals surface area contributed by atoms with Crippen LogP contribution >= 0.6 is 0 Å². The Hall–Kier alpha value is -1.59. The number of hydrogen-bond acceptors (Lipinski definition) is 4. The predicted molar refractivity (Wildman–Crippen MR) is 72.3 cm³/mol. The van der Waals surface area contributed by atoms with Gasteiger partial charge in [-0.2, -0.15) is 0 Å². The summed E-state index contributed by atoms with van der Waals surface area (Å²) in [5.41, 5.74) is 6.42. The second-order valence-corrected chi connectivity index (χ2v) is 4.72. The minimum atomic E-state index is -0.104. The van der Waals surface area contributed by atoms with E-state index in [1.165, 1.54) is 0 Å². The highest BCUT2D eigenvalue weighted by Crippen LogP contribution is 2.20. The maximum atomic E-state index is 12.5. The summed E-state index contributed by atoms with van der Waals surface area (Å²) in [5, 5.41) is 0. The van der Waals surface area contributed by atoms with Gasteiger partial charge in [0.2, 0.25) is 0 Å². The van der Waals surface area contributed by atoms with E-state index in [0.29, 0.717) is 31.0 Å². The van der Waals surface area contributed by atoms with Gasteiger partial charge in [-0.25, -0.2) is 0 Å². The lowest BCUT2D eigenvalue weighted by molar-refractivity contribution is -0.0300. The van der Waals surface area contributed by atoms with E-state index in [1.807, 2.05) is 19.1 Å². The van der Waals surface area contributed by atoms with Gasteiger partial charge in [-0.1, -0.05) is 12.1 Å². The van der Waals surface area contributed by atoms with Gasteiger partial charge in [0.25, 0.3) is 5.91 Å². The number of carbonyl (C=O) groups is 1. The lowest BCUT2D eigenvalue weighted by Crippen LogP contribution is -2.51. The molecule has 1 heterocycles. The quantitative estimate of drug-likeness (QED) is 0.880. The van der Waals surface area contributed by atoms with Crippen LogP contribution in [-0.2, 0) is 4.74 Å². The molecule has 0 aromatic heterocycles. The first-order chi connectivity index (χ1) is 9.13. The van der Waals surface area contributed by atoms with Gasteiger partial charge in [0.15, 0.2) is 0 Å². The van der Waals surface area contributed by atoms with E-state index in [0.717, 1.165) is 0 Å². The van der Waals surface area contributed by atoms with Crippen LogP contribution in [0.4, 0.5) is 0 Å². The number of carbonyl (C=O) groups excluding carboxylic acids is 1. The molecule has 0 saturated carbocycles. The Kier molecular flexibility index (Phi) is 4.39. The summed E-state index contributed by atoms with van der Waals surface area (Å²) in [4.78, 5) is 14.3. The summed E-state index contributed by atoms with van der Waals surface area (Å²) < 4.78 is 10.8. The molecule has 2 atom stereocenters. The highest BCUT2D eigenvalue weighted by Gasteiger charge is 2.28. The normalized spacial score (nSPS) is 21.0. The van der Waals surface area contributed by atoms with Gasteiger partial charge in [-0.15, -0.1) is 0 Å². The average molecular weight is 264 g/mol. The molecule has 1 amide bonds. The van der Waals surface area contributed by atoms with E-state index >= 15 is 0 Å². The van der Waals surface area contributed by atoms with E-state index in [-0.39, 0.29) is 18.1 Å². The first-order valence-electron chi connectivity index (χ1n) is 6.43. The summed E-state index contributed by atoms with van der Waals surface area (Å²) in [6, 6.07) is 7.15. The van der Waals surface area contributed by atoms with Crippen molar-refractivity contribution in [2.24, 2.45) is 5.73 Å². The first-order valence-corrected chi connectivity index (χ1v) is 6.43. The van der Waals surface area contributed by atoms with Crippen molar-refractivity contribution in [1.82, 2.24) is 4.90 Å². The Morgan fingerprint density at radius 1 is 1.53 bits per heavy atom. The monoisotopic (exact) mass is 264 g/mol. The molecule has 1 saturated heterocycles. The Balaban J connectivity index is 2.15. The topological polar surface area (TPSA) is 64.8 Å². The molecule has 1 aromatic carbocycles. The summed E-state index contributed by atoms with van der Waals surface area (Å²) in [7, 11) is 1.57. The van der Waals surface area contributed by atoms with Gasteiger partial charge >= 0.3 is 0 Å². The van der Waals surface area contributed by atoms with Crippen LogP contribution in [-0.4, -0.2) is 49.8 Å². The molecule has 0 radical (unpaired) electrons. The number of rotatable bonds is 3. The van der Waals surface area contributed by atoms with E-state index in [4.69, 9.17) is 15.2 Å². The van der Waals surface area contributed by atoms with Crippen molar-refractivity contribution >= 4 is 5.91 Å². The number of methoxy groups -OCH3 is 1. The molecule has 1 fully saturated rings. The van der Waals surface area contributed by atoms with Crippen LogP contribution in [0.5, 0.6) is 5.75 Å². The molecule has 104 valence electrons. The van der Waals surface area contributed by atoms with Crippen LogP contribution in [0.2, 0.25) is 0 Å². The molecule has 0 aliphatic carbocycles. The average Bonchev–Trinajstić information content (AvgIpc) is 2.46. The molecule has 19 heavy (non-hydrogen) atoms. The molecule has 2 unspecified atom stereocenters. The highest BCUT2D eigenvalue weighted by molar-refractivity contribution is 5.97. The number of nitrogens with zero attached hydrogens (tertiary/aromatic N) is 1. The van der Waals surface area contributed by atoms with Crippen LogP contribution < -0.4 is 10.5 Å². The fourth-order valence-electron chi connectivity index (χ4n) is 2.17. The number of nitrogens with two attached hydrogens (primary N) is 1. The molecule has 1 aromatic rings. The van der Waals surface area contributed by atoms with Gasteiger partial charge in [-0.3, -0.25) is 4.79 Å². The van der Waals surface area contributed by atoms with E-state index < -0.39 is 0 Å². The highest BCUT2D eigenvalue weighted by atomic mass is 16.5. The predicted octanol–water partition coefficient (Wildman–Crippen LogP) is 0.883. The zero-order valence-electron chi connectivity index (χ0n) is 11.3. The molecule has 2 rings (SSSR count). The number of benzene rings is 1. The molecule has 5 heteroatoms. The van der Waals surface area contributed by atoms with Crippen LogP contribution in [0.3, 0.4) is 0 Å². The first kappa shape index (κ1) is 13.8. The standard InChI is InChI=1S/C14H20N2O3/c1-10(15)13-9-16(7-8-19-13)14(17)11-5-3-4-6-12(11)18-2/h3-6,10,13H,7-9,15H2,1-2H3. The van der Waals surface area contributed by atoms with Gasteiger partial charge in [0.05, 0.1) is 25.4 Å². The van der Waals surface area contributed by atoms with Crippen LogP contribution in [0.15, 0.2) is 24.3 Å². The van der Waals surface area contributed by atoms with Crippen molar-refractivity contribution in [3.63, 3.8) is 0 Å². The van der Waals surface area contributed by atoms with Crippen LogP contribution in [0, 0.1) is 0 Å². The van der Waals surface area contributed by atoms with Crippen molar-refractivity contribution in [2.75, 3.05) is 26.8 Å². The fourth-order valence-corrected chi connectivity index (χ4v) is 2.17. The summed E-state index contributed by atoms with van der Waals surface area (Å²) in [6.45, 7) is 3.52. The number of morpholine rings is 1. The van der Waals surface area contributed by atoms with E-state index in [1.54, 1.807) is 24.1 Å². The van der Waals surface area contributed by atoms with Crippen LogP contribution in [0.25, 0.3) is 0 Å². The molecule has 1 aliphatic rings. The fraction of sp³-hybridized carbons (Fsp3) is 0.500. The summed E-state index contributed by atoms with van der Waals surface area (Å²) >= 11 is 0. The number of hydrogen-bond donors (Lipinski definition) is 1. The molecule has 5 nitrogen and oxygen atoms in total. The maximum absolute atomic E-state index is 12.5. The summed E-state index contributed by atoms with van der Waals surface area (Å²) in [5.74, 6) is 0.558. The number of ether oxygens (including phenoxy) is 2. The molecular weight excluding hydrogens is 244 g/mol. The minimum Gasteiger partial charge on any atom is -0.496 e. The molecule has 1 aliphatic heterocycles. The lowest BCUT2D eigenvalue weighted by Gasteiger charge is -2.35. The summed E-state index contributed by atoms with van der Waals surface area (Å²) in [6.07, 6.45) is -0.104. The third-order valence-corrected chi connectivity index (χ3v) is 3.30. The van der Waals surface area contributed by atoms with Gasteiger partial charge in [0, 0.05) is 19.1 Å². The Bertz CT molecular complexity index is 448. The van der Waals surface area contributed by atoms with E-state index in [9.17, 15) is 4.79 Å². The van der Waals surface area contributed by atoms with Crippen molar-refractivity contribution in [2.45, 2.75) is 19.1 Å². The van der Waals surface area contributed by atoms with Crippen molar-refractivity contribution in [3.05, 3.63) is 29.8 Å². The lowest BCUT2D eigenvalue weighted by atomic mass is 10.1. The van der Waals surface area contributed by atoms with Gasteiger partial charge in [-0.05, 0) is 19.1 Å². The van der Waals surface area contributed by atoms with E-state index in [2.05, 4.69) is 0 Å². The smallest absolute Gasteiger partial charge is 0.257 e. The number of para-hydroxylation sites is 1. The molecular formula is C14H20N2O3. The Labute approximate surface area is 113 Å². The largest absolute Gasteiger partial charge is 0.496 e. The Morgan fingerprint density at radius 2 is 2.26 bits per heavy atom. The Morgan fingerprint density at radius 3 is 2.95 bits per heavy atom. The zero-order valence-corrected chi connectivity index (χ0v) is 11.3. The second kappa shape index (κ2) is 6.04. The zero-order chi connectivity index (χ0) is 13.8. The molecule has 0 spiro atoms. The van der Waals surface area contributed by atoms with Crippen molar-refractivity contribution in [3.8, 4) is 5.75 Å². The van der Waals surface area contributed by atoms with Crippen LogP contribution in [0.1, 0.15) is 17.3 Å². The number of amides is 1. The minimum absolute atomic E-state index is 0.0357. The third kappa shape index (κ3) is 3.05. The SMILES string of the molecule is COc1ccccc1C(=O)N1CCOC(C(C)N)C1. The molecule has 0 bridgehead atoms. The maximum Gasteiger partial charge on any atom is 0.257 e. The molecule has 2 N–H and O–H groups in total. The van der Waals surface area contributed by atoms with Crippen molar-refractivity contribution < 1.29 is 14.3 Å².